The number of hydrogen-bond acceptors (Lipinski definition) is 5. The molecule has 2 N–H and O–H groups in total. The number of aromatic nitrogens is 2. The molecule has 0 saturated carbocycles. The molecule has 0 fully saturated rings. The van der Waals surface area contributed by atoms with E-state index in [1.807, 2.05) is 0 Å². The number of carbonyl (C=O) groups excluding carboxylic acids is 2. The summed E-state index contributed by atoms with van der Waals surface area (Å²) in [6, 6.07) is 9.36. The van der Waals surface area contributed by atoms with Crippen molar-refractivity contribution in [1.29, 1.82) is 0 Å². The Morgan fingerprint density at radius 3 is 2.53 bits per heavy atom. The molecule has 30 heavy (non-hydrogen) atoms. The summed E-state index contributed by atoms with van der Waals surface area (Å²) >= 11 is 0. The van der Waals surface area contributed by atoms with Gasteiger partial charge in [0.05, 0.1) is 32.8 Å². The van der Waals surface area contributed by atoms with Gasteiger partial charge in [-0.1, -0.05) is 6.07 Å². The van der Waals surface area contributed by atoms with Crippen LogP contribution in [-0.2, 0) is 11.3 Å². The number of carbonyl (C=O) groups is 2. The van der Waals surface area contributed by atoms with E-state index in [0.29, 0.717) is 28.3 Å². The van der Waals surface area contributed by atoms with Gasteiger partial charge < -0.3 is 24.7 Å². The third kappa shape index (κ3) is 4.93. The summed E-state index contributed by atoms with van der Waals surface area (Å²) in [5, 5.41) is 5.17. The molecule has 0 aliphatic rings. The maximum absolute atomic E-state index is 14.3. The normalized spacial score (nSPS) is 10.4. The summed E-state index contributed by atoms with van der Waals surface area (Å²) in [5.74, 6) is -0.347. The van der Waals surface area contributed by atoms with Crippen LogP contribution in [0, 0.1) is 5.82 Å². The summed E-state index contributed by atoms with van der Waals surface area (Å²) in [7, 11) is 2.97. The minimum Gasteiger partial charge on any atom is -0.493 e. The van der Waals surface area contributed by atoms with Gasteiger partial charge in [-0.15, -0.1) is 0 Å². The number of imidazole rings is 1. The first-order valence-corrected chi connectivity index (χ1v) is 9.05. The van der Waals surface area contributed by atoms with Crippen molar-refractivity contribution in [3.05, 3.63) is 72.1 Å². The van der Waals surface area contributed by atoms with Crippen molar-refractivity contribution in [3.8, 4) is 17.2 Å². The fraction of sp³-hybridized carbons (Fsp3) is 0.190. The van der Waals surface area contributed by atoms with E-state index in [4.69, 9.17) is 9.47 Å². The van der Waals surface area contributed by atoms with E-state index in [0.717, 1.165) is 0 Å². The fourth-order valence-corrected chi connectivity index (χ4v) is 2.77. The van der Waals surface area contributed by atoms with E-state index < -0.39 is 17.6 Å². The van der Waals surface area contributed by atoms with Crippen LogP contribution in [0.1, 0.15) is 15.9 Å². The minimum absolute atomic E-state index is 0.131. The Labute approximate surface area is 172 Å². The highest BCUT2D eigenvalue weighted by Crippen LogP contribution is 2.27. The number of hydrogen-bond donors (Lipinski definition) is 2. The molecule has 0 bridgehead atoms. The molecule has 0 aliphatic heterocycles. The molecular formula is C21H21FN4O4. The number of rotatable bonds is 8. The largest absolute Gasteiger partial charge is 0.493 e. The van der Waals surface area contributed by atoms with E-state index in [1.54, 1.807) is 41.2 Å². The monoisotopic (exact) mass is 412 g/mol. The average molecular weight is 412 g/mol. The predicted octanol–water partition coefficient (Wildman–Crippen LogP) is 2.07. The van der Waals surface area contributed by atoms with Crippen molar-refractivity contribution >= 4 is 11.8 Å². The van der Waals surface area contributed by atoms with Gasteiger partial charge in [0.2, 0.25) is 5.91 Å². The summed E-state index contributed by atoms with van der Waals surface area (Å²) in [6.07, 6.45) is 4.70. The quantitative estimate of drug-likeness (QED) is 0.591. The second-order valence-electron chi connectivity index (χ2n) is 6.28. The molecule has 2 aromatic carbocycles. The van der Waals surface area contributed by atoms with Gasteiger partial charge in [0, 0.05) is 24.5 Å². The lowest BCUT2D eigenvalue weighted by Crippen LogP contribution is -2.36. The molecule has 1 heterocycles. The summed E-state index contributed by atoms with van der Waals surface area (Å²) < 4.78 is 26.1. The van der Waals surface area contributed by atoms with Crippen molar-refractivity contribution < 1.29 is 23.5 Å². The smallest absolute Gasteiger partial charge is 0.251 e. The number of halogens is 1. The molecule has 0 saturated heterocycles. The van der Waals surface area contributed by atoms with E-state index in [1.165, 1.54) is 32.7 Å². The molecule has 3 aromatic rings. The number of benzene rings is 2. The predicted molar refractivity (Wildman–Crippen MR) is 107 cm³/mol. The first-order chi connectivity index (χ1) is 14.5. The first-order valence-electron chi connectivity index (χ1n) is 9.05. The van der Waals surface area contributed by atoms with E-state index in [2.05, 4.69) is 15.6 Å². The second kappa shape index (κ2) is 9.55. The summed E-state index contributed by atoms with van der Waals surface area (Å²) in [5.41, 5.74) is 1.29. The molecule has 1 aromatic heterocycles. The van der Waals surface area contributed by atoms with Crippen molar-refractivity contribution in [3.63, 3.8) is 0 Å². The lowest BCUT2D eigenvalue weighted by atomic mass is 10.2. The van der Waals surface area contributed by atoms with Gasteiger partial charge in [0.15, 0.2) is 11.5 Å². The molecular weight excluding hydrogens is 391 g/mol. The van der Waals surface area contributed by atoms with Crippen LogP contribution in [0.4, 0.5) is 4.39 Å². The second-order valence-corrected chi connectivity index (χ2v) is 6.28. The molecule has 8 nitrogen and oxygen atoms in total. The Morgan fingerprint density at radius 1 is 1.07 bits per heavy atom. The molecule has 3 rings (SSSR count). The van der Waals surface area contributed by atoms with Crippen molar-refractivity contribution in [2.75, 3.05) is 20.8 Å². The molecule has 156 valence electrons. The third-order valence-corrected chi connectivity index (χ3v) is 4.34. The van der Waals surface area contributed by atoms with E-state index >= 15 is 0 Å². The van der Waals surface area contributed by atoms with Crippen LogP contribution in [0.3, 0.4) is 0 Å². The number of nitrogens with zero attached hydrogens (tertiary/aromatic N) is 2. The molecule has 0 unspecified atom stereocenters. The van der Waals surface area contributed by atoms with Crippen LogP contribution in [-0.4, -0.2) is 42.1 Å². The summed E-state index contributed by atoms with van der Waals surface area (Å²) in [4.78, 5) is 28.2. The summed E-state index contributed by atoms with van der Waals surface area (Å²) in [6.45, 7) is -0.0883. The van der Waals surface area contributed by atoms with Crippen LogP contribution in [0.15, 0.2) is 55.1 Å². The van der Waals surface area contributed by atoms with Crippen LogP contribution >= 0.6 is 0 Å². The Hall–Kier alpha value is -3.88. The molecule has 0 aliphatic carbocycles. The fourth-order valence-electron chi connectivity index (χ4n) is 2.77. The Balaban J connectivity index is 1.51. The van der Waals surface area contributed by atoms with Crippen LogP contribution < -0.4 is 20.1 Å². The van der Waals surface area contributed by atoms with Crippen LogP contribution in [0.25, 0.3) is 5.69 Å². The zero-order chi connectivity index (χ0) is 21.5. The van der Waals surface area contributed by atoms with Gasteiger partial charge in [-0.2, -0.15) is 0 Å². The molecule has 0 radical (unpaired) electrons. The van der Waals surface area contributed by atoms with E-state index in [-0.39, 0.29) is 13.1 Å². The maximum atomic E-state index is 14.3. The number of amides is 2. The highest BCUT2D eigenvalue weighted by molar-refractivity contribution is 5.97. The lowest BCUT2D eigenvalue weighted by Gasteiger charge is -2.11. The maximum Gasteiger partial charge on any atom is 0.251 e. The van der Waals surface area contributed by atoms with Gasteiger partial charge in [0.1, 0.15) is 5.82 Å². The van der Waals surface area contributed by atoms with Crippen molar-refractivity contribution in [1.82, 2.24) is 20.2 Å². The Kier molecular flexibility index (Phi) is 6.63. The third-order valence-electron chi connectivity index (χ3n) is 4.34. The molecule has 2 amide bonds. The van der Waals surface area contributed by atoms with E-state index in [9.17, 15) is 14.0 Å². The number of nitrogens with one attached hydrogen (secondary N) is 2. The Bertz CT molecular complexity index is 1040. The van der Waals surface area contributed by atoms with Gasteiger partial charge in [-0.25, -0.2) is 9.37 Å². The lowest BCUT2D eigenvalue weighted by molar-refractivity contribution is -0.120. The highest BCUT2D eigenvalue weighted by Gasteiger charge is 2.12. The van der Waals surface area contributed by atoms with Crippen molar-refractivity contribution in [2.45, 2.75) is 6.54 Å². The van der Waals surface area contributed by atoms with Gasteiger partial charge in [0.25, 0.3) is 5.91 Å². The Morgan fingerprint density at radius 2 is 1.87 bits per heavy atom. The number of ether oxygens (including phenoxy) is 2. The van der Waals surface area contributed by atoms with Crippen LogP contribution in [0.5, 0.6) is 11.5 Å². The van der Waals surface area contributed by atoms with Gasteiger partial charge >= 0.3 is 0 Å². The average Bonchev–Trinajstić information content (AvgIpc) is 3.30. The molecule has 9 heteroatoms. The molecule has 0 spiro atoms. The molecule has 0 atom stereocenters. The number of methoxy groups -OCH3 is 2. The zero-order valence-electron chi connectivity index (χ0n) is 16.5. The standard InChI is InChI=1S/C21H21FN4O4/c1-29-18-6-4-15(10-19(18)30-2)21(28)25-12-20(27)24-11-14-3-5-17(16(22)9-14)26-8-7-23-13-26/h3-10,13H,11-12H2,1-2H3,(H,24,27)(H,25,28). The minimum atomic E-state index is -0.429. The zero-order valence-corrected chi connectivity index (χ0v) is 16.5. The van der Waals surface area contributed by atoms with Gasteiger partial charge in [-0.3, -0.25) is 9.59 Å². The topological polar surface area (TPSA) is 94.5 Å². The highest BCUT2D eigenvalue weighted by atomic mass is 19.1. The van der Waals surface area contributed by atoms with Crippen molar-refractivity contribution in [2.24, 2.45) is 0 Å². The first kappa shape index (κ1) is 20.8. The SMILES string of the molecule is COc1ccc(C(=O)NCC(=O)NCc2ccc(-n3ccnc3)c(F)c2)cc1OC. The van der Waals surface area contributed by atoms with Crippen LogP contribution in [0.2, 0.25) is 0 Å². The van der Waals surface area contributed by atoms with Gasteiger partial charge in [-0.05, 0) is 35.9 Å².